The molecule has 1 N–H and O–H groups in total. The van der Waals surface area contributed by atoms with Crippen molar-refractivity contribution in [1.29, 1.82) is 0 Å². The Hall–Kier alpha value is -0.710. The first-order valence-corrected chi connectivity index (χ1v) is 9.52. The molecule has 2 unspecified atom stereocenters. The smallest absolute Gasteiger partial charge is 0.245 e. The number of unbranched alkanes of at least 4 members (excludes halogenated alkanes) is 3. The Morgan fingerprint density at radius 2 is 1.86 bits per heavy atom. The van der Waals surface area contributed by atoms with E-state index < -0.39 is 0 Å². The summed E-state index contributed by atoms with van der Waals surface area (Å²) in [6.45, 7) is 6.68. The van der Waals surface area contributed by atoms with Crippen molar-refractivity contribution in [2.75, 3.05) is 18.6 Å². The highest BCUT2D eigenvalue weighted by Crippen LogP contribution is 2.19. The van der Waals surface area contributed by atoms with E-state index in [9.17, 15) is 9.59 Å². The van der Waals surface area contributed by atoms with Crippen molar-refractivity contribution >= 4 is 23.6 Å². The van der Waals surface area contributed by atoms with Gasteiger partial charge < -0.3 is 10.2 Å². The standard InChI is InChI=1S/C16H30N2O2S/c1-5-13-16(20)18(10-8-6-7-9-11-21-4)14(12(2)3)15(19)17-13/h12-14H,5-11H2,1-4H3,(H,17,19). The fourth-order valence-electron chi connectivity index (χ4n) is 2.87. The molecule has 0 bridgehead atoms. The van der Waals surface area contributed by atoms with Crippen LogP contribution in [0.15, 0.2) is 0 Å². The van der Waals surface area contributed by atoms with Crippen LogP contribution in [0.25, 0.3) is 0 Å². The van der Waals surface area contributed by atoms with Crippen LogP contribution in [0, 0.1) is 5.92 Å². The first-order chi connectivity index (χ1) is 10.0. The average molecular weight is 314 g/mol. The van der Waals surface area contributed by atoms with Crippen molar-refractivity contribution in [2.24, 2.45) is 5.92 Å². The molecule has 0 radical (unpaired) electrons. The number of hydrogen-bond acceptors (Lipinski definition) is 3. The molecule has 1 heterocycles. The average Bonchev–Trinajstić information content (AvgIpc) is 2.45. The molecule has 1 aliphatic rings. The van der Waals surface area contributed by atoms with Gasteiger partial charge in [-0.05, 0) is 37.2 Å². The molecule has 0 aromatic rings. The zero-order chi connectivity index (χ0) is 15.8. The van der Waals surface area contributed by atoms with Crippen LogP contribution in [0.5, 0.6) is 0 Å². The molecular formula is C16H30N2O2S. The third kappa shape index (κ3) is 5.20. The second kappa shape index (κ2) is 9.34. The monoisotopic (exact) mass is 314 g/mol. The maximum atomic E-state index is 12.5. The summed E-state index contributed by atoms with van der Waals surface area (Å²) in [6, 6.07) is -0.629. The van der Waals surface area contributed by atoms with Crippen molar-refractivity contribution in [1.82, 2.24) is 10.2 Å². The second-order valence-electron chi connectivity index (χ2n) is 6.10. The van der Waals surface area contributed by atoms with Gasteiger partial charge in [0.05, 0.1) is 0 Å². The van der Waals surface area contributed by atoms with Crippen LogP contribution < -0.4 is 5.32 Å². The van der Waals surface area contributed by atoms with Crippen molar-refractivity contribution in [3.63, 3.8) is 0 Å². The Balaban J connectivity index is 2.55. The van der Waals surface area contributed by atoms with Crippen molar-refractivity contribution in [2.45, 2.75) is 65.0 Å². The van der Waals surface area contributed by atoms with Gasteiger partial charge in [0.15, 0.2) is 0 Å². The molecule has 1 saturated heterocycles. The van der Waals surface area contributed by atoms with Gasteiger partial charge in [-0.25, -0.2) is 0 Å². The molecule has 0 aromatic heterocycles. The van der Waals surface area contributed by atoms with Gasteiger partial charge in [0.2, 0.25) is 11.8 Å². The number of nitrogens with one attached hydrogen (secondary N) is 1. The Kier molecular flexibility index (Phi) is 8.15. The molecule has 0 aliphatic carbocycles. The molecule has 0 saturated carbocycles. The maximum Gasteiger partial charge on any atom is 0.245 e. The van der Waals surface area contributed by atoms with Crippen LogP contribution >= 0.6 is 11.8 Å². The van der Waals surface area contributed by atoms with Gasteiger partial charge in [-0.1, -0.05) is 33.6 Å². The van der Waals surface area contributed by atoms with Gasteiger partial charge in [0.1, 0.15) is 12.1 Å². The number of carbonyl (C=O) groups is 2. The number of amides is 2. The molecule has 2 atom stereocenters. The van der Waals surface area contributed by atoms with Crippen LogP contribution in [0.1, 0.15) is 52.9 Å². The third-order valence-electron chi connectivity index (χ3n) is 4.04. The Morgan fingerprint density at radius 1 is 1.19 bits per heavy atom. The van der Waals surface area contributed by atoms with Crippen molar-refractivity contribution in [3.8, 4) is 0 Å². The number of carbonyl (C=O) groups excluding carboxylic acids is 2. The van der Waals surface area contributed by atoms with E-state index in [1.807, 2.05) is 37.4 Å². The van der Waals surface area contributed by atoms with Crippen LogP contribution in [-0.2, 0) is 9.59 Å². The van der Waals surface area contributed by atoms with E-state index in [1.54, 1.807) is 0 Å². The van der Waals surface area contributed by atoms with Gasteiger partial charge >= 0.3 is 0 Å². The summed E-state index contributed by atoms with van der Waals surface area (Å²) in [5.41, 5.74) is 0. The highest BCUT2D eigenvalue weighted by Gasteiger charge is 2.40. The van der Waals surface area contributed by atoms with E-state index in [2.05, 4.69) is 11.6 Å². The minimum atomic E-state index is -0.330. The second-order valence-corrected chi connectivity index (χ2v) is 7.08. The number of nitrogens with zero attached hydrogens (tertiary/aromatic N) is 1. The Labute approximate surface area is 133 Å². The fourth-order valence-corrected chi connectivity index (χ4v) is 3.36. The summed E-state index contributed by atoms with van der Waals surface area (Å²) < 4.78 is 0. The lowest BCUT2D eigenvalue weighted by Gasteiger charge is -2.40. The van der Waals surface area contributed by atoms with E-state index in [-0.39, 0.29) is 29.8 Å². The minimum absolute atomic E-state index is 0.0128. The molecule has 21 heavy (non-hydrogen) atoms. The van der Waals surface area contributed by atoms with E-state index >= 15 is 0 Å². The van der Waals surface area contributed by atoms with E-state index in [0.717, 1.165) is 12.8 Å². The van der Waals surface area contributed by atoms with Gasteiger partial charge in [0.25, 0.3) is 0 Å². The first kappa shape index (κ1) is 18.3. The fraction of sp³-hybridized carbons (Fsp3) is 0.875. The summed E-state index contributed by atoms with van der Waals surface area (Å²) in [6.07, 6.45) is 7.36. The van der Waals surface area contributed by atoms with Crippen LogP contribution in [0.3, 0.4) is 0 Å². The predicted molar refractivity (Wildman–Crippen MR) is 89.4 cm³/mol. The van der Waals surface area contributed by atoms with E-state index in [4.69, 9.17) is 0 Å². The van der Waals surface area contributed by atoms with Crippen molar-refractivity contribution in [3.05, 3.63) is 0 Å². The molecule has 1 fully saturated rings. The van der Waals surface area contributed by atoms with Crippen LogP contribution in [0.4, 0.5) is 0 Å². The van der Waals surface area contributed by atoms with Crippen LogP contribution in [0.2, 0.25) is 0 Å². The number of piperazine rings is 1. The molecule has 0 aromatic carbocycles. The normalized spacial score (nSPS) is 22.8. The van der Waals surface area contributed by atoms with Gasteiger partial charge in [-0.3, -0.25) is 9.59 Å². The number of rotatable bonds is 9. The molecule has 4 nitrogen and oxygen atoms in total. The molecule has 1 rings (SSSR count). The lowest BCUT2D eigenvalue weighted by Crippen LogP contribution is -2.64. The highest BCUT2D eigenvalue weighted by atomic mass is 32.2. The third-order valence-corrected chi connectivity index (χ3v) is 4.74. The SMILES string of the molecule is CCC1NC(=O)C(C(C)C)N(CCCCCCSC)C1=O. The summed E-state index contributed by atoms with van der Waals surface area (Å²) in [5, 5.41) is 2.86. The summed E-state index contributed by atoms with van der Waals surface area (Å²) in [7, 11) is 0. The lowest BCUT2D eigenvalue weighted by atomic mass is 9.96. The summed E-state index contributed by atoms with van der Waals surface area (Å²) in [4.78, 5) is 26.5. The molecule has 5 heteroatoms. The van der Waals surface area contributed by atoms with Gasteiger partial charge in [-0.2, -0.15) is 11.8 Å². The maximum absolute atomic E-state index is 12.5. The molecule has 2 amide bonds. The summed E-state index contributed by atoms with van der Waals surface area (Å²) >= 11 is 1.88. The molecule has 1 aliphatic heterocycles. The highest BCUT2D eigenvalue weighted by molar-refractivity contribution is 7.98. The Bertz CT molecular complexity index is 347. The number of thioether (sulfide) groups is 1. The quantitative estimate of drug-likeness (QED) is 0.666. The molecular weight excluding hydrogens is 284 g/mol. The lowest BCUT2D eigenvalue weighted by molar-refractivity contribution is -0.151. The minimum Gasteiger partial charge on any atom is -0.343 e. The Morgan fingerprint density at radius 3 is 2.43 bits per heavy atom. The van der Waals surface area contributed by atoms with Crippen molar-refractivity contribution < 1.29 is 9.59 Å². The largest absolute Gasteiger partial charge is 0.343 e. The zero-order valence-electron chi connectivity index (χ0n) is 13.9. The molecule has 122 valence electrons. The summed E-state index contributed by atoms with van der Waals surface area (Å²) in [5.74, 6) is 1.47. The van der Waals surface area contributed by atoms with Gasteiger partial charge in [0, 0.05) is 6.54 Å². The van der Waals surface area contributed by atoms with Gasteiger partial charge in [-0.15, -0.1) is 0 Å². The van der Waals surface area contributed by atoms with E-state index in [0.29, 0.717) is 13.0 Å². The van der Waals surface area contributed by atoms with Crippen LogP contribution in [-0.4, -0.2) is 47.4 Å². The number of hydrogen-bond donors (Lipinski definition) is 1. The zero-order valence-corrected chi connectivity index (χ0v) is 14.7. The van der Waals surface area contributed by atoms with E-state index in [1.165, 1.54) is 18.6 Å². The first-order valence-electron chi connectivity index (χ1n) is 8.12. The molecule has 0 spiro atoms. The topological polar surface area (TPSA) is 49.4 Å². The predicted octanol–water partition coefficient (Wildman–Crippen LogP) is 2.67.